The van der Waals surface area contributed by atoms with E-state index in [0.717, 1.165) is 11.1 Å². The van der Waals surface area contributed by atoms with Gasteiger partial charge in [0, 0.05) is 16.7 Å². The van der Waals surface area contributed by atoms with Gasteiger partial charge in [0.15, 0.2) is 0 Å². The summed E-state index contributed by atoms with van der Waals surface area (Å²) in [6.07, 6.45) is 4.97. The van der Waals surface area contributed by atoms with Crippen LogP contribution in [0.3, 0.4) is 0 Å². The molecule has 0 aromatic heterocycles. The summed E-state index contributed by atoms with van der Waals surface area (Å²) in [6, 6.07) is 9.58. The average molecular weight is 441 g/mol. The summed E-state index contributed by atoms with van der Waals surface area (Å²) in [5.41, 5.74) is 1.59. The second-order valence-electron chi connectivity index (χ2n) is 8.57. The molecule has 0 saturated heterocycles. The Hall–Kier alpha value is -3.09. The highest BCUT2D eigenvalue weighted by molar-refractivity contribution is 6.08. The van der Waals surface area contributed by atoms with Crippen LogP contribution < -0.4 is 0 Å². The molecule has 32 heavy (non-hydrogen) atoms. The largest absolute Gasteiger partial charge is 0.508 e. The zero-order chi connectivity index (χ0) is 23.9. The number of benzene rings is 2. The summed E-state index contributed by atoms with van der Waals surface area (Å²) in [6.45, 7) is 4.99. The Morgan fingerprint density at radius 1 is 1.00 bits per heavy atom. The standard InChI is InChI=1S/C26H32O6/c1-17(5-15-24(30)26(2,3)32)4-12-22-23(29)14-13-21(25(22)31)19(16-27)9-6-18-7-10-20(28)11-8-18/h4,7-11,13-14,16,24,28-32H,5-6,12,15H2,1-3H3. The molecule has 0 heterocycles. The molecule has 0 aliphatic rings. The van der Waals surface area contributed by atoms with Gasteiger partial charge in [-0.2, -0.15) is 0 Å². The van der Waals surface area contributed by atoms with Crippen LogP contribution in [-0.2, 0) is 17.6 Å². The third-order valence-corrected chi connectivity index (χ3v) is 5.47. The number of aliphatic hydroxyl groups is 2. The van der Waals surface area contributed by atoms with Crippen molar-refractivity contribution >= 4 is 11.9 Å². The molecule has 0 aliphatic heterocycles. The van der Waals surface area contributed by atoms with E-state index in [0.29, 0.717) is 42.2 Å². The number of aldehydes is 1. The SMILES string of the molecule is CC(=CCc1c(O)ccc(C(C=O)=CCc2ccc(O)cc2)c1O)CCC(O)C(C)(C)O. The van der Waals surface area contributed by atoms with Gasteiger partial charge in [-0.1, -0.05) is 29.9 Å². The Morgan fingerprint density at radius 3 is 2.25 bits per heavy atom. The van der Waals surface area contributed by atoms with E-state index >= 15 is 0 Å². The van der Waals surface area contributed by atoms with Gasteiger partial charge in [-0.15, -0.1) is 0 Å². The number of aliphatic hydroxyl groups excluding tert-OH is 1. The number of phenolic OH excluding ortho intramolecular Hbond substituents is 3. The number of hydrogen-bond acceptors (Lipinski definition) is 6. The molecule has 0 spiro atoms. The van der Waals surface area contributed by atoms with Gasteiger partial charge in [0.1, 0.15) is 23.5 Å². The van der Waals surface area contributed by atoms with Crippen LogP contribution in [0.1, 0.15) is 50.3 Å². The molecule has 1 atom stereocenters. The lowest BCUT2D eigenvalue weighted by molar-refractivity contribution is -0.103. The Labute approximate surface area is 188 Å². The molecule has 2 aromatic carbocycles. The second-order valence-corrected chi connectivity index (χ2v) is 8.57. The lowest BCUT2D eigenvalue weighted by Gasteiger charge is -2.24. The fourth-order valence-electron chi connectivity index (χ4n) is 3.24. The molecule has 0 radical (unpaired) electrons. The molecule has 0 saturated carbocycles. The van der Waals surface area contributed by atoms with Crippen molar-refractivity contribution in [1.29, 1.82) is 0 Å². The zero-order valence-electron chi connectivity index (χ0n) is 18.7. The highest BCUT2D eigenvalue weighted by atomic mass is 16.3. The Bertz CT molecular complexity index is 981. The molecule has 0 aliphatic carbocycles. The second kappa shape index (κ2) is 11.0. The van der Waals surface area contributed by atoms with Gasteiger partial charge in [-0.3, -0.25) is 4.79 Å². The number of carbonyl (C=O) groups is 1. The predicted octanol–water partition coefficient (Wildman–Crippen LogP) is 4.03. The van der Waals surface area contributed by atoms with Crippen molar-refractivity contribution < 1.29 is 30.3 Å². The van der Waals surface area contributed by atoms with E-state index in [2.05, 4.69) is 0 Å². The Morgan fingerprint density at radius 2 is 1.66 bits per heavy atom. The molecular weight excluding hydrogens is 408 g/mol. The summed E-state index contributed by atoms with van der Waals surface area (Å²) < 4.78 is 0. The molecule has 1 unspecified atom stereocenters. The van der Waals surface area contributed by atoms with Gasteiger partial charge < -0.3 is 25.5 Å². The minimum atomic E-state index is -1.18. The minimum absolute atomic E-state index is 0.0735. The molecule has 2 aromatic rings. The number of phenols is 3. The molecule has 6 heteroatoms. The molecule has 6 nitrogen and oxygen atoms in total. The Balaban J connectivity index is 2.19. The van der Waals surface area contributed by atoms with Crippen LogP contribution in [0.5, 0.6) is 17.2 Å². The first-order valence-electron chi connectivity index (χ1n) is 10.6. The van der Waals surface area contributed by atoms with E-state index in [4.69, 9.17) is 0 Å². The maximum atomic E-state index is 11.7. The zero-order valence-corrected chi connectivity index (χ0v) is 18.7. The summed E-state index contributed by atoms with van der Waals surface area (Å²) in [5.74, 6) is -0.0719. The fourth-order valence-corrected chi connectivity index (χ4v) is 3.24. The van der Waals surface area contributed by atoms with Gasteiger partial charge in [0.2, 0.25) is 0 Å². The Kier molecular flexibility index (Phi) is 8.63. The number of aromatic hydroxyl groups is 3. The first-order chi connectivity index (χ1) is 15.0. The maximum absolute atomic E-state index is 11.7. The number of allylic oxidation sites excluding steroid dienone is 4. The van der Waals surface area contributed by atoms with Crippen LogP contribution in [-0.4, -0.2) is 43.5 Å². The minimum Gasteiger partial charge on any atom is -0.508 e. The van der Waals surface area contributed by atoms with Gasteiger partial charge >= 0.3 is 0 Å². The number of rotatable bonds is 10. The lowest BCUT2D eigenvalue weighted by Crippen LogP contribution is -2.35. The van der Waals surface area contributed by atoms with E-state index in [-0.39, 0.29) is 23.7 Å². The van der Waals surface area contributed by atoms with Crippen LogP contribution >= 0.6 is 0 Å². The van der Waals surface area contributed by atoms with Crippen molar-refractivity contribution in [3.8, 4) is 17.2 Å². The van der Waals surface area contributed by atoms with Gasteiger partial charge in [-0.05, 0) is 76.3 Å². The third-order valence-electron chi connectivity index (χ3n) is 5.47. The first kappa shape index (κ1) is 25.2. The monoisotopic (exact) mass is 440 g/mol. The van der Waals surface area contributed by atoms with E-state index in [1.807, 2.05) is 13.0 Å². The van der Waals surface area contributed by atoms with Crippen LogP contribution in [0.2, 0.25) is 0 Å². The quantitative estimate of drug-likeness (QED) is 0.216. The van der Waals surface area contributed by atoms with Crippen LogP contribution in [0, 0.1) is 0 Å². The molecule has 172 valence electrons. The van der Waals surface area contributed by atoms with Crippen molar-refractivity contribution in [2.24, 2.45) is 0 Å². The summed E-state index contributed by atoms with van der Waals surface area (Å²) in [7, 11) is 0. The highest BCUT2D eigenvalue weighted by Crippen LogP contribution is 2.35. The van der Waals surface area contributed by atoms with E-state index in [1.165, 1.54) is 12.1 Å². The number of hydrogen-bond donors (Lipinski definition) is 5. The molecule has 0 fully saturated rings. The molecule has 0 bridgehead atoms. The maximum Gasteiger partial charge on any atom is 0.150 e. The van der Waals surface area contributed by atoms with Crippen molar-refractivity contribution in [2.45, 2.75) is 58.2 Å². The third kappa shape index (κ3) is 6.97. The van der Waals surface area contributed by atoms with Gasteiger partial charge in [0.25, 0.3) is 0 Å². The number of carbonyl (C=O) groups excluding carboxylic acids is 1. The summed E-state index contributed by atoms with van der Waals surface area (Å²) in [4.78, 5) is 11.7. The fraction of sp³-hybridized carbons (Fsp3) is 0.346. The van der Waals surface area contributed by atoms with E-state index in [9.17, 15) is 30.3 Å². The lowest BCUT2D eigenvalue weighted by atomic mass is 9.94. The predicted molar refractivity (Wildman–Crippen MR) is 125 cm³/mol. The highest BCUT2D eigenvalue weighted by Gasteiger charge is 2.23. The molecule has 5 N–H and O–H groups in total. The van der Waals surface area contributed by atoms with Crippen molar-refractivity contribution in [1.82, 2.24) is 0 Å². The molecular formula is C26H32O6. The average Bonchev–Trinajstić information content (AvgIpc) is 2.74. The topological polar surface area (TPSA) is 118 Å². The van der Waals surface area contributed by atoms with Crippen LogP contribution in [0.25, 0.3) is 5.57 Å². The molecule has 2 rings (SSSR count). The first-order valence-corrected chi connectivity index (χ1v) is 10.6. The van der Waals surface area contributed by atoms with Crippen molar-refractivity contribution in [2.75, 3.05) is 0 Å². The normalized spacial score (nSPS) is 13.8. The van der Waals surface area contributed by atoms with Crippen molar-refractivity contribution in [3.63, 3.8) is 0 Å². The van der Waals surface area contributed by atoms with Crippen molar-refractivity contribution in [3.05, 3.63) is 70.8 Å². The van der Waals surface area contributed by atoms with Gasteiger partial charge in [0.05, 0.1) is 11.7 Å². The van der Waals surface area contributed by atoms with E-state index < -0.39 is 11.7 Å². The summed E-state index contributed by atoms with van der Waals surface area (Å²) in [5, 5.41) is 50.2. The smallest absolute Gasteiger partial charge is 0.150 e. The van der Waals surface area contributed by atoms with Crippen LogP contribution in [0.15, 0.2) is 54.1 Å². The van der Waals surface area contributed by atoms with Crippen LogP contribution in [0.4, 0.5) is 0 Å². The van der Waals surface area contributed by atoms with Gasteiger partial charge in [-0.25, -0.2) is 0 Å². The molecule has 0 amide bonds. The summed E-state index contributed by atoms with van der Waals surface area (Å²) >= 11 is 0. The van der Waals surface area contributed by atoms with E-state index in [1.54, 1.807) is 44.2 Å².